The highest BCUT2D eigenvalue weighted by Crippen LogP contribution is 2.29. The molecule has 3 atom stereocenters. The van der Waals surface area contributed by atoms with Gasteiger partial charge in [0.05, 0.1) is 6.10 Å². The van der Waals surface area contributed by atoms with E-state index in [1.165, 1.54) is 0 Å². The van der Waals surface area contributed by atoms with E-state index < -0.39 is 11.7 Å². The van der Waals surface area contributed by atoms with Gasteiger partial charge in [-0.2, -0.15) is 0 Å². The third-order valence-corrected chi connectivity index (χ3v) is 2.71. The Balaban J connectivity index is 2.70. The predicted molar refractivity (Wildman–Crippen MR) is 48.7 cm³/mol. The third kappa shape index (κ3) is 1.87. The molecule has 1 aliphatic carbocycles. The monoisotopic (exact) mass is 170 g/mol. The summed E-state index contributed by atoms with van der Waals surface area (Å²) in [5.41, 5.74) is -1.02. The molecule has 0 aromatic heterocycles. The molecule has 0 spiro atoms. The molecular formula is C10H18O2. The normalized spacial score (nSPS) is 42.2. The van der Waals surface area contributed by atoms with E-state index in [0.29, 0.717) is 18.3 Å². The van der Waals surface area contributed by atoms with Crippen LogP contribution >= 0.6 is 0 Å². The Morgan fingerprint density at radius 3 is 2.50 bits per heavy atom. The fraction of sp³-hybridized carbons (Fsp3) is 0.800. The van der Waals surface area contributed by atoms with Crippen molar-refractivity contribution in [3.05, 3.63) is 12.2 Å². The average Bonchev–Trinajstić information content (AvgIpc) is 1.94. The maximum absolute atomic E-state index is 9.61. The van der Waals surface area contributed by atoms with Crippen LogP contribution < -0.4 is 0 Å². The van der Waals surface area contributed by atoms with Crippen LogP contribution in [0.15, 0.2) is 12.2 Å². The number of aliphatic hydroxyl groups excluding tert-OH is 1. The Bertz CT molecular complexity index is 182. The van der Waals surface area contributed by atoms with Crippen LogP contribution in [0.4, 0.5) is 0 Å². The lowest BCUT2D eigenvalue weighted by atomic mass is 9.79. The standard InChI is InChI=1S/C10H18O2/c1-7(2)8-4-5-10(3,12)9(11)6-8/h4-5,7-9,11-12H,6H2,1-3H3/t8-,9+,10+/m0/s1. The summed E-state index contributed by atoms with van der Waals surface area (Å²) >= 11 is 0. The zero-order valence-corrected chi connectivity index (χ0v) is 7.99. The van der Waals surface area contributed by atoms with Gasteiger partial charge in [-0.25, -0.2) is 0 Å². The van der Waals surface area contributed by atoms with Crippen molar-refractivity contribution in [1.82, 2.24) is 0 Å². The van der Waals surface area contributed by atoms with Gasteiger partial charge in [-0.1, -0.05) is 26.0 Å². The fourth-order valence-corrected chi connectivity index (χ4v) is 1.50. The molecule has 0 aromatic carbocycles. The molecule has 1 rings (SSSR count). The molecule has 2 heteroatoms. The smallest absolute Gasteiger partial charge is 0.106 e. The molecule has 0 fully saturated rings. The van der Waals surface area contributed by atoms with Crippen molar-refractivity contribution < 1.29 is 10.2 Å². The van der Waals surface area contributed by atoms with E-state index in [-0.39, 0.29) is 0 Å². The first-order valence-electron chi connectivity index (χ1n) is 4.53. The lowest BCUT2D eigenvalue weighted by molar-refractivity contribution is -0.0447. The molecule has 0 bridgehead atoms. The van der Waals surface area contributed by atoms with Crippen molar-refractivity contribution in [2.75, 3.05) is 0 Å². The van der Waals surface area contributed by atoms with Gasteiger partial charge in [-0.05, 0) is 25.2 Å². The summed E-state index contributed by atoms with van der Waals surface area (Å²) in [7, 11) is 0. The van der Waals surface area contributed by atoms with Gasteiger partial charge in [0.1, 0.15) is 5.60 Å². The SMILES string of the molecule is CC(C)[C@H]1C=C[C@@](C)(O)[C@H](O)C1. The maximum Gasteiger partial charge on any atom is 0.106 e. The van der Waals surface area contributed by atoms with Crippen molar-refractivity contribution in [2.24, 2.45) is 11.8 Å². The number of rotatable bonds is 1. The summed E-state index contributed by atoms with van der Waals surface area (Å²) in [6, 6.07) is 0. The van der Waals surface area contributed by atoms with Crippen LogP contribution in [0, 0.1) is 11.8 Å². The highest BCUT2D eigenvalue weighted by atomic mass is 16.3. The van der Waals surface area contributed by atoms with Crippen molar-refractivity contribution in [2.45, 2.75) is 38.9 Å². The van der Waals surface area contributed by atoms with Crippen LogP contribution in [0.25, 0.3) is 0 Å². The Morgan fingerprint density at radius 2 is 2.08 bits per heavy atom. The number of aliphatic hydroxyl groups is 2. The van der Waals surface area contributed by atoms with E-state index in [4.69, 9.17) is 0 Å². The van der Waals surface area contributed by atoms with Crippen LogP contribution in [-0.2, 0) is 0 Å². The molecule has 2 N–H and O–H groups in total. The van der Waals surface area contributed by atoms with Gasteiger partial charge >= 0.3 is 0 Å². The zero-order valence-electron chi connectivity index (χ0n) is 7.99. The molecule has 0 amide bonds. The summed E-state index contributed by atoms with van der Waals surface area (Å²) in [5, 5.41) is 19.2. The van der Waals surface area contributed by atoms with Crippen molar-refractivity contribution >= 4 is 0 Å². The summed E-state index contributed by atoms with van der Waals surface area (Å²) in [4.78, 5) is 0. The van der Waals surface area contributed by atoms with E-state index >= 15 is 0 Å². The predicted octanol–water partition coefficient (Wildman–Crippen LogP) is 1.33. The minimum Gasteiger partial charge on any atom is -0.390 e. The van der Waals surface area contributed by atoms with Gasteiger partial charge in [-0.15, -0.1) is 0 Å². The van der Waals surface area contributed by atoms with E-state index in [1.54, 1.807) is 13.0 Å². The first-order valence-corrected chi connectivity index (χ1v) is 4.53. The Kier molecular flexibility index (Phi) is 2.59. The molecule has 70 valence electrons. The quantitative estimate of drug-likeness (QED) is 0.583. The van der Waals surface area contributed by atoms with Gasteiger partial charge in [-0.3, -0.25) is 0 Å². The van der Waals surface area contributed by atoms with Crippen molar-refractivity contribution in [3.63, 3.8) is 0 Å². The lowest BCUT2D eigenvalue weighted by Crippen LogP contribution is -2.41. The zero-order chi connectivity index (χ0) is 9.35. The van der Waals surface area contributed by atoms with Crippen molar-refractivity contribution in [3.8, 4) is 0 Å². The Labute approximate surface area is 73.9 Å². The Morgan fingerprint density at radius 1 is 1.50 bits per heavy atom. The molecule has 0 radical (unpaired) electrons. The fourth-order valence-electron chi connectivity index (χ4n) is 1.50. The molecule has 0 aromatic rings. The highest BCUT2D eigenvalue weighted by Gasteiger charge is 2.33. The second-order valence-corrected chi connectivity index (χ2v) is 4.24. The van der Waals surface area contributed by atoms with E-state index in [9.17, 15) is 10.2 Å². The highest BCUT2D eigenvalue weighted by molar-refractivity contribution is 5.10. The minimum atomic E-state index is -1.02. The lowest BCUT2D eigenvalue weighted by Gasteiger charge is -2.34. The minimum absolute atomic E-state index is 0.403. The number of allylic oxidation sites excluding steroid dienone is 1. The largest absolute Gasteiger partial charge is 0.390 e. The average molecular weight is 170 g/mol. The molecule has 0 aliphatic heterocycles. The van der Waals surface area contributed by atoms with E-state index in [1.807, 2.05) is 6.08 Å². The molecule has 0 unspecified atom stereocenters. The van der Waals surface area contributed by atoms with Gasteiger partial charge in [0, 0.05) is 0 Å². The first kappa shape index (κ1) is 9.75. The van der Waals surface area contributed by atoms with Gasteiger partial charge < -0.3 is 10.2 Å². The number of hydrogen-bond acceptors (Lipinski definition) is 2. The topological polar surface area (TPSA) is 40.5 Å². The first-order chi connectivity index (χ1) is 5.43. The summed E-state index contributed by atoms with van der Waals surface area (Å²) in [6.45, 7) is 5.90. The molecule has 1 aliphatic rings. The van der Waals surface area contributed by atoms with Crippen LogP contribution in [0.5, 0.6) is 0 Å². The summed E-state index contributed by atoms with van der Waals surface area (Å²) < 4.78 is 0. The van der Waals surface area contributed by atoms with E-state index in [0.717, 1.165) is 0 Å². The van der Waals surface area contributed by atoms with Crippen LogP contribution in [0.3, 0.4) is 0 Å². The van der Waals surface area contributed by atoms with E-state index in [2.05, 4.69) is 13.8 Å². The molecule has 0 saturated carbocycles. The van der Waals surface area contributed by atoms with Crippen LogP contribution in [0.1, 0.15) is 27.2 Å². The number of hydrogen-bond donors (Lipinski definition) is 2. The molecule has 0 saturated heterocycles. The molecule has 2 nitrogen and oxygen atoms in total. The van der Waals surface area contributed by atoms with Gasteiger partial charge in [0.25, 0.3) is 0 Å². The van der Waals surface area contributed by atoms with Crippen molar-refractivity contribution in [1.29, 1.82) is 0 Å². The second-order valence-electron chi connectivity index (χ2n) is 4.24. The van der Waals surface area contributed by atoms with Gasteiger partial charge in [0.2, 0.25) is 0 Å². The molecule has 0 heterocycles. The van der Waals surface area contributed by atoms with Crippen LogP contribution in [0.2, 0.25) is 0 Å². The van der Waals surface area contributed by atoms with Gasteiger partial charge in [0.15, 0.2) is 0 Å². The Hall–Kier alpha value is -0.340. The second kappa shape index (κ2) is 3.19. The maximum atomic E-state index is 9.61. The summed E-state index contributed by atoms with van der Waals surface area (Å²) in [5.74, 6) is 0.937. The molecular weight excluding hydrogens is 152 g/mol. The molecule has 12 heavy (non-hydrogen) atoms. The summed E-state index contributed by atoms with van der Waals surface area (Å²) in [6.07, 6.45) is 3.78. The van der Waals surface area contributed by atoms with Crippen LogP contribution in [-0.4, -0.2) is 21.9 Å². The third-order valence-electron chi connectivity index (χ3n) is 2.71.